The molecule has 0 atom stereocenters. The first-order valence-corrected chi connectivity index (χ1v) is 6.43. The summed E-state index contributed by atoms with van der Waals surface area (Å²) in [7, 11) is 0. The maximum absolute atomic E-state index is 11.0. The van der Waals surface area contributed by atoms with Crippen LogP contribution in [0.25, 0.3) is 0 Å². The highest BCUT2D eigenvalue weighted by Gasteiger charge is 2.24. The Kier molecular flexibility index (Phi) is 4.78. The summed E-state index contributed by atoms with van der Waals surface area (Å²) < 4.78 is 0. The first-order valence-electron chi connectivity index (χ1n) is 6.43. The number of amides is 1. The Morgan fingerprint density at radius 3 is 2.31 bits per heavy atom. The largest absolute Gasteiger partial charge is 0.369 e. The van der Waals surface area contributed by atoms with Crippen molar-refractivity contribution in [2.75, 3.05) is 13.1 Å². The molecular formula is C13H26N2O. The number of nitrogens with zero attached hydrogens (tertiary/aromatic N) is 1. The molecule has 3 nitrogen and oxygen atoms in total. The first kappa shape index (κ1) is 13.5. The number of carbonyl (C=O) groups is 1. The van der Waals surface area contributed by atoms with Crippen LogP contribution in [0.5, 0.6) is 0 Å². The summed E-state index contributed by atoms with van der Waals surface area (Å²) in [6.45, 7) is 7.81. The average molecular weight is 226 g/mol. The van der Waals surface area contributed by atoms with Gasteiger partial charge in [-0.05, 0) is 39.7 Å². The van der Waals surface area contributed by atoms with Crippen molar-refractivity contribution in [1.29, 1.82) is 0 Å². The Labute approximate surface area is 99.4 Å². The molecule has 94 valence electrons. The van der Waals surface area contributed by atoms with Crippen LogP contribution in [0.1, 0.15) is 52.9 Å². The zero-order chi connectivity index (χ0) is 12.2. The molecule has 1 amide bonds. The normalized spacial score (nSPS) is 18.2. The van der Waals surface area contributed by atoms with E-state index in [1.807, 2.05) is 0 Å². The van der Waals surface area contributed by atoms with E-state index in [4.69, 9.17) is 5.73 Å². The molecule has 0 saturated heterocycles. The predicted octanol–water partition coefficient (Wildman–Crippen LogP) is 2.15. The van der Waals surface area contributed by atoms with Crippen LogP contribution in [0.4, 0.5) is 0 Å². The summed E-state index contributed by atoms with van der Waals surface area (Å²) in [6.07, 6.45) is 6.72. The van der Waals surface area contributed by atoms with Gasteiger partial charge in [-0.2, -0.15) is 0 Å². The fraction of sp³-hybridized carbons (Fsp3) is 0.923. The van der Waals surface area contributed by atoms with Gasteiger partial charge in [0.25, 0.3) is 0 Å². The molecular weight excluding hydrogens is 200 g/mol. The molecule has 0 aromatic rings. The number of rotatable bonds is 5. The molecule has 1 aliphatic rings. The number of primary amides is 1. The van der Waals surface area contributed by atoms with E-state index in [0.717, 1.165) is 12.5 Å². The molecule has 0 heterocycles. The van der Waals surface area contributed by atoms with Gasteiger partial charge in [0, 0.05) is 5.54 Å². The molecule has 0 aromatic carbocycles. The van der Waals surface area contributed by atoms with Crippen molar-refractivity contribution in [2.45, 2.75) is 58.4 Å². The molecule has 0 spiro atoms. The van der Waals surface area contributed by atoms with Gasteiger partial charge in [-0.15, -0.1) is 0 Å². The van der Waals surface area contributed by atoms with Crippen molar-refractivity contribution < 1.29 is 4.79 Å². The summed E-state index contributed by atoms with van der Waals surface area (Å²) in [5.41, 5.74) is 5.33. The molecule has 3 heteroatoms. The third kappa shape index (κ3) is 4.52. The Bertz CT molecular complexity index is 227. The molecule has 1 rings (SSSR count). The highest BCUT2D eigenvalue weighted by molar-refractivity contribution is 5.76. The SMILES string of the molecule is CC(C)(C)N(CCC1CCCC1)CC(N)=O. The minimum Gasteiger partial charge on any atom is -0.369 e. The number of carbonyl (C=O) groups excluding carboxylic acids is 1. The minimum atomic E-state index is -0.221. The van der Waals surface area contributed by atoms with E-state index >= 15 is 0 Å². The highest BCUT2D eigenvalue weighted by atomic mass is 16.1. The summed E-state index contributed by atoms with van der Waals surface area (Å²) in [5.74, 6) is 0.652. The fourth-order valence-corrected chi connectivity index (χ4v) is 2.48. The lowest BCUT2D eigenvalue weighted by molar-refractivity contribution is -0.120. The van der Waals surface area contributed by atoms with E-state index in [1.165, 1.54) is 32.1 Å². The minimum absolute atomic E-state index is 0.0354. The average Bonchev–Trinajstić information content (AvgIpc) is 2.62. The van der Waals surface area contributed by atoms with E-state index in [9.17, 15) is 4.79 Å². The zero-order valence-electron chi connectivity index (χ0n) is 11.0. The lowest BCUT2D eigenvalue weighted by Crippen LogP contribution is -2.46. The van der Waals surface area contributed by atoms with Gasteiger partial charge < -0.3 is 5.73 Å². The second-order valence-corrected chi connectivity index (χ2v) is 6.00. The van der Waals surface area contributed by atoms with Crippen LogP contribution in [0.2, 0.25) is 0 Å². The number of hydrogen-bond acceptors (Lipinski definition) is 2. The van der Waals surface area contributed by atoms with Gasteiger partial charge in [-0.25, -0.2) is 0 Å². The number of hydrogen-bond donors (Lipinski definition) is 1. The second kappa shape index (κ2) is 5.67. The molecule has 0 unspecified atom stereocenters. The first-order chi connectivity index (χ1) is 7.39. The Morgan fingerprint density at radius 1 is 1.31 bits per heavy atom. The second-order valence-electron chi connectivity index (χ2n) is 6.00. The van der Waals surface area contributed by atoms with Gasteiger partial charge in [0.2, 0.25) is 5.91 Å². The van der Waals surface area contributed by atoms with Crippen LogP contribution in [0.15, 0.2) is 0 Å². The zero-order valence-corrected chi connectivity index (χ0v) is 11.0. The Morgan fingerprint density at radius 2 is 1.88 bits per heavy atom. The maximum Gasteiger partial charge on any atom is 0.231 e. The van der Waals surface area contributed by atoms with Crippen LogP contribution in [-0.4, -0.2) is 29.4 Å². The van der Waals surface area contributed by atoms with Gasteiger partial charge in [0.1, 0.15) is 0 Å². The van der Waals surface area contributed by atoms with Crippen LogP contribution in [0, 0.1) is 5.92 Å². The summed E-state index contributed by atoms with van der Waals surface area (Å²) in [5, 5.41) is 0. The third-order valence-corrected chi connectivity index (χ3v) is 3.58. The predicted molar refractivity (Wildman–Crippen MR) is 67.1 cm³/mol. The van der Waals surface area contributed by atoms with E-state index in [1.54, 1.807) is 0 Å². The van der Waals surface area contributed by atoms with Crippen molar-refractivity contribution in [3.05, 3.63) is 0 Å². The van der Waals surface area contributed by atoms with E-state index in [-0.39, 0.29) is 11.4 Å². The van der Waals surface area contributed by atoms with Gasteiger partial charge in [0.05, 0.1) is 6.54 Å². The Balaban J connectivity index is 2.40. The molecule has 1 saturated carbocycles. The van der Waals surface area contributed by atoms with E-state index < -0.39 is 0 Å². The van der Waals surface area contributed by atoms with Gasteiger partial charge in [-0.1, -0.05) is 25.7 Å². The van der Waals surface area contributed by atoms with Crippen molar-refractivity contribution >= 4 is 5.91 Å². The molecule has 0 aromatic heterocycles. The molecule has 0 radical (unpaired) electrons. The Hall–Kier alpha value is -0.570. The van der Waals surface area contributed by atoms with Crippen molar-refractivity contribution in [3.8, 4) is 0 Å². The maximum atomic E-state index is 11.0. The molecule has 16 heavy (non-hydrogen) atoms. The smallest absolute Gasteiger partial charge is 0.231 e. The van der Waals surface area contributed by atoms with Crippen LogP contribution >= 0.6 is 0 Å². The summed E-state index contributed by atoms with van der Waals surface area (Å²) >= 11 is 0. The van der Waals surface area contributed by atoms with Gasteiger partial charge in [0.15, 0.2) is 0 Å². The molecule has 0 bridgehead atoms. The monoisotopic (exact) mass is 226 g/mol. The van der Waals surface area contributed by atoms with Gasteiger partial charge >= 0.3 is 0 Å². The lowest BCUT2D eigenvalue weighted by atomic mass is 10.0. The summed E-state index contributed by atoms with van der Waals surface area (Å²) in [4.78, 5) is 13.2. The highest BCUT2D eigenvalue weighted by Crippen LogP contribution is 2.28. The molecule has 2 N–H and O–H groups in total. The van der Waals surface area contributed by atoms with E-state index in [0.29, 0.717) is 6.54 Å². The molecule has 1 aliphatic carbocycles. The van der Waals surface area contributed by atoms with Crippen LogP contribution in [0.3, 0.4) is 0 Å². The van der Waals surface area contributed by atoms with Crippen molar-refractivity contribution in [2.24, 2.45) is 11.7 Å². The third-order valence-electron chi connectivity index (χ3n) is 3.58. The molecule has 0 aliphatic heterocycles. The van der Waals surface area contributed by atoms with E-state index in [2.05, 4.69) is 25.7 Å². The van der Waals surface area contributed by atoms with Crippen molar-refractivity contribution in [1.82, 2.24) is 4.90 Å². The standard InChI is InChI=1S/C13H26N2O/c1-13(2,3)15(10-12(14)16)9-8-11-6-4-5-7-11/h11H,4-10H2,1-3H3,(H2,14,16). The number of nitrogens with two attached hydrogens (primary N) is 1. The topological polar surface area (TPSA) is 46.3 Å². The van der Waals surface area contributed by atoms with Crippen LogP contribution < -0.4 is 5.73 Å². The van der Waals surface area contributed by atoms with Gasteiger partial charge in [-0.3, -0.25) is 9.69 Å². The molecule has 1 fully saturated rings. The fourth-order valence-electron chi connectivity index (χ4n) is 2.48. The lowest BCUT2D eigenvalue weighted by Gasteiger charge is -2.35. The van der Waals surface area contributed by atoms with Crippen LogP contribution in [-0.2, 0) is 4.79 Å². The van der Waals surface area contributed by atoms with Crippen molar-refractivity contribution in [3.63, 3.8) is 0 Å². The quantitative estimate of drug-likeness (QED) is 0.781. The summed E-state index contributed by atoms with van der Waals surface area (Å²) in [6, 6.07) is 0.